The Morgan fingerprint density at radius 2 is 1.78 bits per heavy atom. The van der Waals surface area contributed by atoms with Gasteiger partial charge in [0.2, 0.25) is 5.91 Å². The normalized spacial score (nSPS) is 15.6. The van der Waals surface area contributed by atoms with Gasteiger partial charge in [-0.25, -0.2) is 4.98 Å². The predicted octanol–water partition coefficient (Wildman–Crippen LogP) is 6.18. The molecule has 4 rings (SSSR count). The highest BCUT2D eigenvalue weighted by atomic mass is 19.4. The Labute approximate surface area is 185 Å². The summed E-state index contributed by atoms with van der Waals surface area (Å²) >= 11 is 0. The van der Waals surface area contributed by atoms with Gasteiger partial charge >= 0.3 is 6.18 Å². The highest BCUT2D eigenvalue weighted by Crippen LogP contribution is 2.43. The van der Waals surface area contributed by atoms with Gasteiger partial charge < -0.3 is 9.88 Å². The van der Waals surface area contributed by atoms with Crippen LogP contribution in [-0.4, -0.2) is 22.4 Å². The standard InChI is InChI=1S/C25H28F3N3O/c1-4-5-6-13-31-21-15-20-19(14-18(21)24(2,3)23(31)32)29-22(30-20)12-9-16-7-10-17(11-8-16)25(26,27)28/h7-8,10-11,14-15H,4-6,9,12-13H2,1-3H3,(H,29,30). The van der Waals surface area contributed by atoms with Crippen molar-refractivity contribution in [3.05, 3.63) is 58.9 Å². The van der Waals surface area contributed by atoms with Crippen LogP contribution in [0.15, 0.2) is 36.4 Å². The van der Waals surface area contributed by atoms with E-state index < -0.39 is 17.2 Å². The molecule has 0 spiro atoms. The molecule has 0 fully saturated rings. The molecule has 1 aliphatic rings. The number of nitrogens with one attached hydrogen (secondary N) is 1. The van der Waals surface area contributed by atoms with E-state index in [1.54, 1.807) is 0 Å². The van der Waals surface area contributed by atoms with E-state index in [0.717, 1.165) is 65.1 Å². The number of H-pyrrole nitrogens is 1. The van der Waals surface area contributed by atoms with E-state index in [4.69, 9.17) is 4.98 Å². The maximum absolute atomic E-state index is 13.0. The first-order valence-corrected chi connectivity index (χ1v) is 11.1. The first kappa shape index (κ1) is 22.4. The van der Waals surface area contributed by atoms with Crippen LogP contribution in [0.1, 0.15) is 62.5 Å². The van der Waals surface area contributed by atoms with Gasteiger partial charge in [-0.05, 0) is 62.1 Å². The average molecular weight is 444 g/mol. The van der Waals surface area contributed by atoms with Crippen molar-refractivity contribution in [3.8, 4) is 0 Å². The molecule has 0 radical (unpaired) electrons. The zero-order chi connectivity index (χ0) is 23.1. The van der Waals surface area contributed by atoms with Crippen LogP contribution < -0.4 is 4.90 Å². The van der Waals surface area contributed by atoms with Crippen molar-refractivity contribution in [2.75, 3.05) is 11.4 Å². The van der Waals surface area contributed by atoms with E-state index >= 15 is 0 Å². The first-order valence-electron chi connectivity index (χ1n) is 11.1. The summed E-state index contributed by atoms with van der Waals surface area (Å²) in [6, 6.07) is 9.28. The molecular formula is C25H28F3N3O. The number of aromatic nitrogens is 2. The fourth-order valence-corrected chi connectivity index (χ4v) is 4.37. The highest BCUT2D eigenvalue weighted by Gasteiger charge is 2.44. The Bertz CT molecular complexity index is 1130. The molecule has 3 aromatic rings. The van der Waals surface area contributed by atoms with Crippen LogP contribution in [0.2, 0.25) is 0 Å². The highest BCUT2D eigenvalue weighted by molar-refractivity contribution is 6.09. The number of hydrogen-bond donors (Lipinski definition) is 1. The number of carbonyl (C=O) groups excluding carboxylic acids is 1. The van der Waals surface area contributed by atoms with Crippen molar-refractivity contribution in [1.82, 2.24) is 9.97 Å². The van der Waals surface area contributed by atoms with Crippen LogP contribution in [0.3, 0.4) is 0 Å². The van der Waals surface area contributed by atoms with Gasteiger partial charge in [0.05, 0.1) is 27.7 Å². The largest absolute Gasteiger partial charge is 0.416 e. The van der Waals surface area contributed by atoms with E-state index in [-0.39, 0.29) is 5.91 Å². The Balaban J connectivity index is 1.54. The third-order valence-corrected chi connectivity index (χ3v) is 6.31. The summed E-state index contributed by atoms with van der Waals surface area (Å²) in [6.07, 6.45) is 0.00128. The zero-order valence-electron chi connectivity index (χ0n) is 18.6. The molecular weight excluding hydrogens is 415 g/mol. The summed E-state index contributed by atoms with van der Waals surface area (Å²) in [4.78, 5) is 22.9. The van der Waals surface area contributed by atoms with Gasteiger partial charge in [-0.1, -0.05) is 31.9 Å². The molecule has 0 unspecified atom stereocenters. The molecule has 0 saturated carbocycles. The van der Waals surface area contributed by atoms with E-state index in [0.29, 0.717) is 19.4 Å². The van der Waals surface area contributed by atoms with Gasteiger partial charge in [0.15, 0.2) is 0 Å². The number of rotatable bonds is 7. The van der Waals surface area contributed by atoms with Gasteiger partial charge in [-0.15, -0.1) is 0 Å². The summed E-state index contributed by atoms with van der Waals surface area (Å²) in [5.74, 6) is 0.907. The molecule has 0 aliphatic carbocycles. The van der Waals surface area contributed by atoms with Gasteiger partial charge in [-0.3, -0.25) is 4.79 Å². The molecule has 0 atom stereocenters. The SMILES string of the molecule is CCCCCN1C(=O)C(C)(C)c2cc3[nH]c(CCc4ccc(C(F)(F)F)cc4)nc3cc21. The van der Waals surface area contributed by atoms with Crippen molar-refractivity contribution >= 4 is 22.6 Å². The smallest absolute Gasteiger partial charge is 0.342 e. The second-order valence-corrected chi connectivity index (χ2v) is 9.05. The fraction of sp³-hybridized carbons (Fsp3) is 0.440. The molecule has 32 heavy (non-hydrogen) atoms. The minimum atomic E-state index is -4.32. The quantitative estimate of drug-likeness (QED) is 0.443. The number of anilines is 1. The average Bonchev–Trinajstić information content (AvgIpc) is 3.22. The van der Waals surface area contributed by atoms with Crippen molar-refractivity contribution < 1.29 is 18.0 Å². The Morgan fingerprint density at radius 3 is 2.44 bits per heavy atom. The Kier molecular flexibility index (Phi) is 5.77. The number of aryl methyl sites for hydroxylation is 2. The maximum Gasteiger partial charge on any atom is 0.416 e. The van der Waals surface area contributed by atoms with Gasteiger partial charge in [0, 0.05) is 13.0 Å². The van der Waals surface area contributed by atoms with Crippen molar-refractivity contribution in [3.63, 3.8) is 0 Å². The Hall–Kier alpha value is -2.83. The number of nitrogens with zero attached hydrogens (tertiary/aromatic N) is 2. The number of fused-ring (bicyclic) bond motifs is 2. The molecule has 1 amide bonds. The molecule has 170 valence electrons. The van der Waals surface area contributed by atoms with Gasteiger partial charge in [0.1, 0.15) is 5.82 Å². The van der Waals surface area contributed by atoms with Crippen LogP contribution in [0.25, 0.3) is 11.0 Å². The van der Waals surface area contributed by atoms with Gasteiger partial charge in [0.25, 0.3) is 0 Å². The number of carbonyl (C=O) groups is 1. The molecule has 7 heteroatoms. The lowest BCUT2D eigenvalue weighted by Crippen LogP contribution is -2.36. The number of alkyl halides is 3. The molecule has 0 bridgehead atoms. The molecule has 1 N–H and O–H groups in total. The third kappa shape index (κ3) is 4.12. The maximum atomic E-state index is 13.0. The lowest BCUT2D eigenvalue weighted by molar-refractivity contribution is -0.137. The number of amides is 1. The lowest BCUT2D eigenvalue weighted by Gasteiger charge is -2.20. The molecule has 1 aliphatic heterocycles. The first-order chi connectivity index (χ1) is 15.1. The van der Waals surface area contributed by atoms with Gasteiger partial charge in [-0.2, -0.15) is 13.2 Å². The van der Waals surface area contributed by atoms with Crippen molar-refractivity contribution in [2.45, 2.75) is 64.5 Å². The topological polar surface area (TPSA) is 49.0 Å². The molecule has 0 saturated heterocycles. The summed E-state index contributed by atoms with van der Waals surface area (Å²) in [5.41, 5.74) is 3.23. The van der Waals surface area contributed by atoms with Crippen LogP contribution in [0, 0.1) is 0 Å². The lowest BCUT2D eigenvalue weighted by atomic mass is 9.86. The third-order valence-electron chi connectivity index (χ3n) is 6.31. The van der Waals surface area contributed by atoms with E-state index in [1.807, 2.05) is 30.9 Å². The van der Waals surface area contributed by atoms with Crippen LogP contribution >= 0.6 is 0 Å². The molecule has 4 nitrogen and oxygen atoms in total. The monoisotopic (exact) mass is 443 g/mol. The summed E-state index contributed by atoms with van der Waals surface area (Å²) in [7, 11) is 0. The van der Waals surface area contributed by atoms with E-state index in [2.05, 4.69) is 11.9 Å². The molecule has 1 aromatic heterocycles. The number of benzene rings is 2. The number of hydrogen-bond acceptors (Lipinski definition) is 2. The van der Waals surface area contributed by atoms with Crippen molar-refractivity contribution in [1.29, 1.82) is 0 Å². The number of halogens is 3. The minimum Gasteiger partial charge on any atom is -0.342 e. The molecule has 2 heterocycles. The van der Waals surface area contributed by atoms with E-state index in [1.165, 1.54) is 12.1 Å². The van der Waals surface area contributed by atoms with Crippen LogP contribution in [0.5, 0.6) is 0 Å². The zero-order valence-corrected chi connectivity index (χ0v) is 18.6. The second-order valence-electron chi connectivity index (χ2n) is 9.05. The Morgan fingerprint density at radius 1 is 1.06 bits per heavy atom. The summed E-state index contributed by atoms with van der Waals surface area (Å²) in [5, 5.41) is 0. The predicted molar refractivity (Wildman–Crippen MR) is 120 cm³/mol. The molecule has 2 aromatic carbocycles. The fourth-order valence-electron chi connectivity index (χ4n) is 4.37. The van der Waals surface area contributed by atoms with E-state index in [9.17, 15) is 18.0 Å². The second kappa shape index (κ2) is 8.26. The summed E-state index contributed by atoms with van der Waals surface area (Å²) < 4.78 is 38.2. The van der Waals surface area contributed by atoms with Crippen molar-refractivity contribution in [2.24, 2.45) is 0 Å². The number of imidazole rings is 1. The van der Waals surface area contributed by atoms with Crippen LogP contribution in [-0.2, 0) is 29.2 Å². The number of unbranched alkanes of at least 4 members (excludes halogenated alkanes) is 2. The van der Waals surface area contributed by atoms with Crippen LogP contribution in [0.4, 0.5) is 18.9 Å². The minimum absolute atomic E-state index is 0.124. The number of aromatic amines is 1. The summed E-state index contributed by atoms with van der Waals surface area (Å²) in [6.45, 7) is 6.77.